The Kier molecular flexibility index (Phi) is 6.01. The van der Waals surface area contributed by atoms with Gasteiger partial charge in [0.05, 0.1) is 17.7 Å². The number of methoxy groups -OCH3 is 1. The molecular weight excluding hydrogens is 404 g/mol. The van der Waals surface area contributed by atoms with Crippen LogP contribution in [0.5, 0.6) is 5.75 Å². The molecule has 0 saturated carbocycles. The van der Waals surface area contributed by atoms with Crippen molar-refractivity contribution in [2.45, 2.75) is 51.5 Å². The van der Waals surface area contributed by atoms with Crippen molar-refractivity contribution in [2.75, 3.05) is 12.0 Å². The Hall–Kier alpha value is -2.71. The van der Waals surface area contributed by atoms with Crippen LogP contribution in [0.4, 0.5) is 5.69 Å². The molecule has 1 saturated heterocycles. The van der Waals surface area contributed by atoms with Gasteiger partial charge >= 0.3 is 0 Å². The molecule has 8 heteroatoms. The minimum atomic E-state index is -3.91. The van der Waals surface area contributed by atoms with E-state index in [9.17, 15) is 18.0 Å². The summed E-state index contributed by atoms with van der Waals surface area (Å²) in [5.41, 5.74) is 4.26. The minimum absolute atomic E-state index is 0.0425. The summed E-state index contributed by atoms with van der Waals surface area (Å²) in [4.78, 5) is 25.3. The number of rotatable bonds is 6. The lowest BCUT2D eigenvalue weighted by molar-refractivity contribution is -0.121. The fraction of sp³-hybridized carbons (Fsp3) is 0.364. The van der Waals surface area contributed by atoms with Crippen LogP contribution >= 0.6 is 0 Å². The number of ether oxygens (including phenoxy) is 1. The van der Waals surface area contributed by atoms with Gasteiger partial charge in [0.1, 0.15) is 5.75 Å². The van der Waals surface area contributed by atoms with Crippen LogP contribution in [0.2, 0.25) is 0 Å². The molecule has 0 aromatic heterocycles. The number of amides is 2. The molecule has 0 unspecified atom stereocenters. The van der Waals surface area contributed by atoms with Crippen LogP contribution in [0.3, 0.4) is 0 Å². The number of carbonyl (C=O) groups is 2. The van der Waals surface area contributed by atoms with Gasteiger partial charge in [-0.3, -0.25) is 9.59 Å². The molecule has 1 aliphatic rings. The molecule has 30 heavy (non-hydrogen) atoms. The summed E-state index contributed by atoms with van der Waals surface area (Å²) in [6.07, 6.45) is 0.195. The number of aryl methyl sites for hydroxylation is 3. The molecule has 0 bridgehead atoms. The summed E-state index contributed by atoms with van der Waals surface area (Å²) < 4.78 is 34.1. The quantitative estimate of drug-likeness (QED) is 0.710. The number of anilines is 1. The largest absolute Gasteiger partial charge is 0.495 e. The lowest BCUT2D eigenvalue weighted by Gasteiger charge is -2.21. The van der Waals surface area contributed by atoms with Gasteiger partial charge in [-0.25, -0.2) is 18.0 Å². The van der Waals surface area contributed by atoms with Gasteiger partial charge in [-0.05, 0) is 68.1 Å². The summed E-state index contributed by atoms with van der Waals surface area (Å²) in [5.74, 6) is -0.490. The molecular formula is C22H26N2O5S. The van der Waals surface area contributed by atoms with Crippen LogP contribution in [0.1, 0.15) is 48.1 Å². The SMILES string of the molecule is COc1ccc(S(=O)(=O)N[C@@H](C)c2cc(C)c(C)cc2C)cc1N1C(=O)CCC1=O. The third-order valence-electron chi connectivity index (χ3n) is 5.43. The molecule has 2 aromatic carbocycles. The normalized spacial score (nSPS) is 15.6. The molecule has 1 atom stereocenters. The maximum Gasteiger partial charge on any atom is 0.241 e. The molecule has 2 amide bonds. The predicted octanol–water partition coefficient (Wildman–Crippen LogP) is 3.31. The molecule has 3 rings (SSSR count). The molecule has 7 nitrogen and oxygen atoms in total. The van der Waals surface area contributed by atoms with E-state index in [2.05, 4.69) is 4.72 Å². The van der Waals surface area contributed by atoms with Crippen molar-refractivity contribution in [1.29, 1.82) is 0 Å². The summed E-state index contributed by atoms with van der Waals surface area (Å²) >= 11 is 0. The number of sulfonamides is 1. The van der Waals surface area contributed by atoms with Gasteiger partial charge in [-0.15, -0.1) is 0 Å². The Morgan fingerprint density at radius 2 is 1.57 bits per heavy atom. The number of carbonyl (C=O) groups excluding carboxylic acids is 2. The van der Waals surface area contributed by atoms with Gasteiger partial charge in [0.2, 0.25) is 21.8 Å². The summed E-state index contributed by atoms with van der Waals surface area (Å²) in [7, 11) is -2.51. The molecule has 1 fully saturated rings. The zero-order chi connectivity index (χ0) is 22.2. The van der Waals surface area contributed by atoms with E-state index in [4.69, 9.17) is 4.74 Å². The van der Waals surface area contributed by atoms with E-state index in [0.29, 0.717) is 0 Å². The van der Waals surface area contributed by atoms with Gasteiger partial charge in [0, 0.05) is 18.9 Å². The zero-order valence-corrected chi connectivity index (χ0v) is 18.6. The summed E-state index contributed by atoms with van der Waals surface area (Å²) in [6, 6.07) is 7.71. The Morgan fingerprint density at radius 3 is 2.17 bits per heavy atom. The molecule has 1 heterocycles. The lowest BCUT2D eigenvalue weighted by atomic mass is 9.97. The third-order valence-corrected chi connectivity index (χ3v) is 6.97. The van der Waals surface area contributed by atoms with E-state index in [1.165, 1.54) is 25.3 Å². The second kappa shape index (κ2) is 8.20. The Morgan fingerprint density at radius 1 is 0.967 bits per heavy atom. The zero-order valence-electron chi connectivity index (χ0n) is 17.8. The molecule has 0 aliphatic carbocycles. The molecule has 0 spiro atoms. The molecule has 2 aromatic rings. The van der Waals surface area contributed by atoms with Crippen molar-refractivity contribution >= 4 is 27.5 Å². The Labute approximate surface area is 177 Å². The Balaban J connectivity index is 1.97. The first-order valence-electron chi connectivity index (χ1n) is 9.69. The van der Waals surface area contributed by atoms with E-state index >= 15 is 0 Å². The fourth-order valence-corrected chi connectivity index (χ4v) is 4.91. The van der Waals surface area contributed by atoms with Crippen molar-refractivity contribution in [3.05, 3.63) is 52.6 Å². The van der Waals surface area contributed by atoms with Crippen LogP contribution in [0.15, 0.2) is 35.2 Å². The summed E-state index contributed by atoms with van der Waals surface area (Å²) in [6.45, 7) is 7.73. The second-order valence-electron chi connectivity index (χ2n) is 7.59. The van der Waals surface area contributed by atoms with Crippen molar-refractivity contribution in [1.82, 2.24) is 4.72 Å². The number of benzene rings is 2. The number of imide groups is 1. The highest BCUT2D eigenvalue weighted by atomic mass is 32.2. The van der Waals surface area contributed by atoms with Gasteiger partial charge in [0.15, 0.2) is 0 Å². The first-order chi connectivity index (χ1) is 14.0. The maximum atomic E-state index is 13.1. The number of nitrogens with zero attached hydrogens (tertiary/aromatic N) is 1. The van der Waals surface area contributed by atoms with Crippen LogP contribution in [-0.4, -0.2) is 27.3 Å². The van der Waals surface area contributed by atoms with E-state index in [-0.39, 0.29) is 41.0 Å². The smallest absolute Gasteiger partial charge is 0.241 e. The van der Waals surface area contributed by atoms with E-state index in [1.54, 1.807) is 6.92 Å². The number of hydrogen-bond acceptors (Lipinski definition) is 5. The van der Waals surface area contributed by atoms with Gasteiger partial charge in [-0.2, -0.15) is 0 Å². The third kappa shape index (κ3) is 4.11. The Bertz CT molecular complexity index is 1110. The van der Waals surface area contributed by atoms with Crippen molar-refractivity contribution in [3.8, 4) is 5.75 Å². The van der Waals surface area contributed by atoms with Crippen LogP contribution in [0, 0.1) is 20.8 Å². The van der Waals surface area contributed by atoms with Crippen molar-refractivity contribution in [2.24, 2.45) is 0 Å². The van der Waals surface area contributed by atoms with Crippen LogP contribution < -0.4 is 14.4 Å². The van der Waals surface area contributed by atoms with Crippen molar-refractivity contribution < 1.29 is 22.7 Å². The van der Waals surface area contributed by atoms with E-state index in [1.807, 2.05) is 32.9 Å². The minimum Gasteiger partial charge on any atom is -0.495 e. The molecule has 1 aliphatic heterocycles. The first kappa shape index (κ1) is 22.0. The standard InChI is InChI=1S/C22H26N2O5S/c1-13-10-15(3)18(11-14(13)2)16(4)23-30(27,28)17-6-7-20(29-5)19(12-17)24-21(25)8-9-22(24)26/h6-7,10-12,16,23H,8-9H2,1-5H3/t16-/m0/s1. The van der Waals surface area contributed by atoms with E-state index < -0.39 is 16.1 Å². The molecule has 0 radical (unpaired) electrons. The average Bonchev–Trinajstić information content (AvgIpc) is 3.01. The average molecular weight is 431 g/mol. The monoisotopic (exact) mass is 430 g/mol. The molecule has 1 N–H and O–H groups in total. The fourth-order valence-electron chi connectivity index (χ4n) is 3.67. The van der Waals surface area contributed by atoms with Gasteiger partial charge in [0.25, 0.3) is 0 Å². The maximum absolute atomic E-state index is 13.1. The van der Waals surface area contributed by atoms with Gasteiger partial charge in [-0.1, -0.05) is 12.1 Å². The highest BCUT2D eigenvalue weighted by Gasteiger charge is 2.33. The highest BCUT2D eigenvalue weighted by molar-refractivity contribution is 7.89. The van der Waals surface area contributed by atoms with E-state index in [0.717, 1.165) is 27.2 Å². The first-order valence-corrected chi connectivity index (χ1v) is 11.2. The number of nitrogens with one attached hydrogen (secondary N) is 1. The highest BCUT2D eigenvalue weighted by Crippen LogP contribution is 2.34. The van der Waals surface area contributed by atoms with Crippen LogP contribution in [-0.2, 0) is 19.6 Å². The number of hydrogen-bond donors (Lipinski definition) is 1. The van der Waals surface area contributed by atoms with Gasteiger partial charge < -0.3 is 4.74 Å². The summed E-state index contributed by atoms with van der Waals surface area (Å²) in [5, 5.41) is 0. The van der Waals surface area contributed by atoms with Crippen LogP contribution in [0.25, 0.3) is 0 Å². The predicted molar refractivity (Wildman–Crippen MR) is 114 cm³/mol. The topological polar surface area (TPSA) is 92.8 Å². The van der Waals surface area contributed by atoms with Crippen molar-refractivity contribution in [3.63, 3.8) is 0 Å². The molecule has 160 valence electrons. The second-order valence-corrected chi connectivity index (χ2v) is 9.31. The lowest BCUT2D eigenvalue weighted by Crippen LogP contribution is -2.30.